The Labute approximate surface area is 108 Å². The minimum atomic E-state index is -0.660. The van der Waals surface area contributed by atoms with Crippen LogP contribution in [0.25, 0.3) is 0 Å². The maximum atomic E-state index is 11.4. The van der Waals surface area contributed by atoms with Crippen molar-refractivity contribution in [1.29, 1.82) is 0 Å². The lowest BCUT2D eigenvalue weighted by molar-refractivity contribution is -0.245. The quantitative estimate of drug-likeness (QED) is 0.303. The lowest BCUT2D eigenvalue weighted by Gasteiger charge is -2.23. The first-order valence-electron chi connectivity index (χ1n) is 6.17. The van der Waals surface area contributed by atoms with Crippen molar-refractivity contribution in [3.05, 3.63) is 12.2 Å². The van der Waals surface area contributed by atoms with Gasteiger partial charge in [-0.05, 0) is 33.1 Å². The zero-order chi connectivity index (χ0) is 14.2. The summed E-state index contributed by atoms with van der Waals surface area (Å²) in [6.07, 6.45) is 2.76. The van der Waals surface area contributed by atoms with E-state index in [4.69, 9.17) is 5.26 Å². The lowest BCUT2D eigenvalue weighted by Crippen LogP contribution is -2.29. The van der Waals surface area contributed by atoms with Crippen molar-refractivity contribution in [1.82, 2.24) is 5.32 Å². The third-order valence-electron chi connectivity index (χ3n) is 3.18. The van der Waals surface area contributed by atoms with Crippen molar-refractivity contribution in [3.63, 3.8) is 0 Å². The highest BCUT2D eigenvalue weighted by Crippen LogP contribution is 2.29. The second-order valence-corrected chi connectivity index (χ2v) is 4.79. The molecule has 0 radical (unpaired) electrons. The van der Waals surface area contributed by atoms with E-state index in [0.29, 0.717) is 25.0 Å². The molecule has 5 nitrogen and oxygen atoms in total. The summed E-state index contributed by atoms with van der Waals surface area (Å²) in [7, 11) is 0. The first kappa shape index (κ1) is 16.6. The monoisotopic (exact) mass is 257 g/mol. The first-order valence-corrected chi connectivity index (χ1v) is 6.17. The molecule has 0 aromatic rings. The van der Waals surface area contributed by atoms with Crippen molar-refractivity contribution in [3.8, 4) is 0 Å². The number of rotatable bonds is 8. The van der Waals surface area contributed by atoms with Crippen molar-refractivity contribution in [2.24, 2.45) is 5.41 Å². The summed E-state index contributed by atoms with van der Waals surface area (Å²) in [6.45, 7) is 9.39. The Balaban J connectivity index is 3.92. The fourth-order valence-corrected chi connectivity index (χ4v) is 1.53. The molecule has 0 rings (SSSR count). The number of unbranched alkanes of at least 4 members (excludes halogenated alkanes) is 1. The summed E-state index contributed by atoms with van der Waals surface area (Å²) in [6, 6.07) is 0. The molecular formula is C13H23NO4. The van der Waals surface area contributed by atoms with Gasteiger partial charge < -0.3 is 10.2 Å². The minimum Gasteiger partial charge on any atom is -0.352 e. The van der Waals surface area contributed by atoms with Crippen molar-refractivity contribution >= 4 is 11.9 Å². The largest absolute Gasteiger partial charge is 0.352 e. The summed E-state index contributed by atoms with van der Waals surface area (Å²) in [5, 5.41) is 11.1. The molecule has 0 aromatic carbocycles. The van der Waals surface area contributed by atoms with Gasteiger partial charge in [0.2, 0.25) is 5.91 Å². The first-order chi connectivity index (χ1) is 8.37. The van der Waals surface area contributed by atoms with Crippen LogP contribution in [-0.4, -0.2) is 23.7 Å². The van der Waals surface area contributed by atoms with Crippen LogP contribution in [-0.2, 0) is 14.5 Å². The van der Waals surface area contributed by atoms with Crippen LogP contribution in [0.2, 0.25) is 0 Å². The van der Waals surface area contributed by atoms with E-state index in [-0.39, 0.29) is 5.91 Å². The van der Waals surface area contributed by atoms with E-state index >= 15 is 0 Å². The van der Waals surface area contributed by atoms with E-state index < -0.39 is 11.4 Å². The average molecular weight is 257 g/mol. The summed E-state index contributed by atoms with van der Waals surface area (Å²) >= 11 is 0. The molecular weight excluding hydrogens is 234 g/mol. The lowest BCUT2D eigenvalue weighted by atomic mass is 9.82. The van der Waals surface area contributed by atoms with Gasteiger partial charge in [-0.3, -0.25) is 4.79 Å². The summed E-state index contributed by atoms with van der Waals surface area (Å²) in [4.78, 5) is 26.4. The van der Waals surface area contributed by atoms with Crippen LogP contribution in [0, 0.1) is 5.41 Å². The zero-order valence-corrected chi connectivity index (χ0v) is 11.4. The van der Waals surface area contributed by atoms with Gasteiger partial charge in [0, 0.05) is 12.1 Å². The molecule has 0 saturated heterocycles. The highest BCUT2D eigenvalue weighted by atomic mass is 17.1. The summed E-state index contributed by atoms with van der Waals surface area (Å²) in [5.74, 6) is -0.751. The molecule has 0 aliphatic heterocycles. The highest BCUT2D eigenvalue weighted by Gasteiger charge is 2.32. The van der Waals surface area contributed by atoms with Crippen LogP contribution >= 0.6 is 0 Å². The maximum Gasteiger partial charge on any atom is 0.347 e. The Bertz CT molecular complexity index is 314. The molecule has 0 aliphatic rings. The van der Waals surface area contributed by atoms with Gasteiger partial charge in [0.15, 0.2) is 0 Å². The smallest absolute Gasteiger partial charge is 0.347 e. The fraction of sp³-hybridized carbons (Fsp3) is 0.692. The molecule has 0 aliphatic carbocycles. The number of hydrogen-bond acceptors (Lipinski definition) is 4. The van der Waals surface area contributed by atoms with Gasteiger partial charge in [-0.25, -0.2) is 4.79 Å². The second kappa shape index (κ2) is 7.87. The van der Waals surface area contributed by atoms with Crippen molar-refractivity contribution in [2.75, 3.05) is 6.54 Å². The molecule has 5 heteroatoms. The molecule has 0 saturated carbocycles. The average Bonchev–Trinajstić information content (AvgIpc) is 2.36. The Morgan fingerprint density at radius 3 is 2.44 bits per heavy atom. The number of nitrogens with one attached hydrogen (secondary N) is 1. The van der Waals surface area contributed by atoms with Gasteiger partial charge in [-0.2, -0.15) is 5.26 Å². The Morgan fingerprint density at radius 2 is 2.00 bits per heavy atom. The van der Waals surface area contributed by atoms with E-state index in [1.807, 2.05) is 6.92 Å². The van der Waals surface area contributed by atoms with Gasteiger partial charge in [0.25, 0.3) is 0 Å². The molecule has 1 amide bonds. The third-order valence-corrected chi connectivity index (χ3v) is 3.18. The number of amides is 1. The molecule has 2 N–H and O–H groups in total. The Hall–Kier alpha value is -1.36. The van der Waals surface area contributed by atoms with E-state index in [1.54, 1.807) is 13.8 Å². The Kier molecular flexibility index (Phi) is 7.27. The molecule has 1 unspecified atom stereocenters. The molecule has 0 spiro atoms. The van der Waals surface area contributed by atoms with Crippen LogP contribution in [0.5, 0.6) is 0 Å². The molecule has 18 heavy (non-hydrogen) atoms. The molecule has 1 atom stereocenters. The topological polar surface area (TPSA) is 75.6 Å². The van der Waals surface area contributed by atoms with Crippen LogP contribution in [0.4, 0.5) is 0 Å². The minimum absolute atomic E-state index is 0.150. The number of hydrogen-bond donors (Lipinski definition) is 2. The van der Waals surface area contributed by atoms with Crippen molar-refractivity contribution in [2.45, 2.75) is 46.5 Å². The predicted octanol–water partition coefficient (Wildman–Crippen LogP) is 2.28. The zero-order valence-electron chi connectivity index (χ0n) is 11.4. The summed E-state index contributed by atoms with van der Waals surface area (Å²) in [5.41, 5.74) is -0.176. The molecule has 0 aromatic heterocycles. The number of carbonyl (C=O) groups is 2. The maximum absolute atomic E-state index is 11.4. The van der Waals surface area contributed by atoms with Crippen LogP contribution in [0.15, 0.2) is 12.2 Å². The molecule has 0 fully saturated rings. The van der Waals surface area contributed by atoms with Gasteiger partial charge in [0.1, 0.15) is 0 Å². The van der Waals surface area contributed by atoms with Gasteiger partial charge in [-0.1, -0.05) is 19.9 Å². The van der Waals surface area contributed by atoms with E-state index in [1.165, 1.54) is 0 Å². The van der Waals surface area contributed by atoms with Gasteiger partial charge in [0.05, 0.1) is 5.41 Å². The van der Waals surface area contributed by atoms with Crippen LogP contribution < -0.4 is 5.32 Å². The van der Waals surface area contributed by atoms with Crippen molar-refractivity contribution < 1.29 is 19.7 Å². The summed E-state index contributed by atoms with van der Waals surface area (Å²) < 4.78 is 0. The SMILES string of the molecule is C=C(C)C(=O)NCCCCC(C)(CC)C(=O)OO. The van der Waals surface area contributed by atoms with E-state index in [9.17, 15) is 9.59 Å². The predicted molar refractivity (Wildman–Crippen MR) is 68.8 cm³/mol. The van der Waals surface area contributed by atoms with E-state index in [0.717, 1.165) is 12.8 Å². The van der Waals surface area contributed by atoms with Crippen LogP contribution in [0.3, 0.4) is 0 Å². The van der Waals surface area contributed by atoms with Gasteiger partial charge in [-0.15, -0.1) is 0 Å². The fourth-order valence-electron chi connectivity index (χ4n) is 1.53. The van der Waals surface area contributed by atoms with Gasteiger partial charge >= 0.3 is 5.97 Å². The third kappa shape index (κ3) is 5.31. The molecule has 0 heterocycles. The highest BCUT2D eigenvalue weighted by molar-refractivity contribution is 5.91. The standard InChI is InChI=1S/C13H23NO4/c1-5-13(4,12(16)18-17)8-6-7-9-14-11(15)10(2)3/h17H,2,5-9H2,1,3-4H3,(H,14,15). The normalized spacial score (nSPS) is 13.6. The molecule has 0 bridgehead atoms. The van der Waals surface area contributed by atoms with Crippen LogP contribution in [0.1, 0.15) is 46.5 Å². The number of carbonyl (C=O) groups excluding carboxylic acids is 2. The Morgan fingerprint density at radius 1 is 1.39 bits per heavy atom. The second-order valence-electron chi connectivity index (χ2n) is 4.79. The van der Waals surface area contributed by atoms with E-state index in [2.05, 4.69) is 16.8 Å². The molecule has 104 valence electrons.